The smallest absolute Gasteiger partial charge is 0.263 e. The van der Waals surface area contributed by atoms with Crippen molar-refractivity contribution in [1.29, 1.82) is 0 Å². The summed E-state index contributed by atoms with van der Waals surface area (Å²) in [4.78, 5) is 17.1. The van der Waals surface area contributed by atoms with E-state index in [9.17, 15) is 17.6 Å². The minimum absolute atomic E-state index is 0.0545. The number of nitrogens with one attached hydrogen (secondary N) is 1. The molecule has 2 aromatic heterocycles. The fourth-order valence-corrected chi connectivity index (χ4v) is 6.23. The number of hydrogen-bond acceptors (Lipinski definition) is 6. The molecule has 0 saturated carbocycles. The number of amides is 1. The van der Waals surface area contributed by atoms with Gasteiger partial charge in [0, 0.05) is 38.0 Å². The van der Waals surface area contributed by atoms with Crippen molar-refractivity contribution in [3.05, 3.63) is 70.3 Å². The molecule has 0 radical (unpaired) electrons. The average Bonchev–Trinajstić information content (AvgIpc) is 3.30. The molecule has 1 saturated heterocycles. The van der Waals surface area contributed by atoms with Crippen LogP contribution in [0.2, 0.25) is 0 Å². The number of rotatable bonds is 7. The highest BCUT2D eigenvalue weighted by Gasteiger charge is 2.30. The zero-order chi connectivity index (χ0) is 22.6. The molecule has 0 unspecified atom stereocenters. The maximum absolute atomic E-state index is 13.3. The van der Waals surface area contributed by atoms with Gasteiger partial charge in [-0.3, -0.25) is 4.79 Å². The number of carbonyl (C=O) groups is 1. The van der Waals surface area contributed by atoms with Crippen LogP contribution in [-0.2, 0) is 16.6 Å². The molecule has 0 bridgehead atoms. The molecule has 1 aliphatic rings. The number of aromatic nitrogens is 1. The van der Waals surface area contributed by atoms with Crippen molar-refractivity contribution >= 4 is 27.3 Å². The molecule has 1 N–H and O–H groups in total. The van der Waals surface area contributed by atoms with Crippen molar-refractivity contribution in [2.45, 2.75) is 30.7 Å². The number of nitrogens with zero attached hydrogens (tertiary/aromatic N) is 2. The second-order valence-corrected chi connectivity index (χ2v) is 10.1. The number of pyridine rings is 1. The lowest BCUT2D eigenvalue weighted by Gasteiger charge is -2.25. The maximum atomic E-state index is 13.3. The number of benzene rings is 1. The third-order valence-electron chi connectivity index (χ3n) is 5.04. The highest BCUT2D eigenvalue weighted by Crippen LogP contribution is 2.27. The summed E-state index contributed by atoms with van der Waals surface area (Å²) in [5.41, 5.74) is 0.710. The van der Waals surface area contributed by atoms with Crippen molar-refractivity contribution < 1.29 is 22.3 Å². The molecule has 0 spiro atoms. The second kappa shape index (κ2) is 9.76. The molecule has 3 aromatic rings. The predicted octanol–water partition coefficient (Wildman–Crippen LogP) is 4.18. The zero-order valence-electron chi connectivity index (χ0n) is 17.2. The largest absolute Gasteiger partial charge is 0.439 e. The Balaban J connectivity index is 1.39. The lowest BCUT2D eigenvalue weighted by molar-refractivity contribution is 0.0951. The SMILES string of the molecule is O=C(NCc1ccc(Oc2cccc(F)c2)nc1)c1sccc1S(=O)(=O)N1CCCCC1. The molecule has 1 amide bonds. The van der Waals surface area contributed by atoms with Gasteiger partial charge >= 0.3 is 0 Å². The topological polar surface area (TPSA) is 88.6 Å². The molecule has 1 fully saturated rings. The van der Waals surface area contributed by atoms with E-state index in [1.807, 2.05) is 0 Å². The summed E-state index contributed by atoms with van der Waals surface area (Å²) < 4.78 is 46.1. The highest BCUT2D eigenvalue weighted by molar-refractivity contribution is 7.89. The monoisotopic (exact) mass is 475 g/mol. The van der Waals surface area contributed by atoms with Crippen LogP contribution in [0.5, 0.6) is 11.6 Å². The van der Waals surface area contributed by atoms with Crippen LogP contribution in [0.3, 0.4) is 0 Å². The molecule has 168 valence electrons. The normalized spacial score (nSPS) is 14.8. The van der Waals surface area contributed by atoms with Crippen LogP contribution in [0.25, 0.3) is 0 Å². The molecule has 0 aliphatic carbocycles. The van der Waals surface area contributed by atoms with Crippen molar-refractivity contribution in [2.24, 2.45) is 0 Å². The van der Waals surface area contributed by atoms with Crippen LogP contribution in [0, 0.1) is 5.82 Å². The van der Waals surface area contributed by atoms with Crippen LogP contribution >= 0.6 is 11.3 Å². The van der Waals surface area contributed by atoms with Crippen molar-refractivity contribution in [3.8, 4) is 11.6 Å². The molecule has 1 aromatic carbocycles. The minimum Gasteiger partial charge on any atom is -0.439 e. The van der Waals surface area contributed by atoms with Crippen molar-refractivity contribution in [1.82, 2.24) is 14.6 Å². The summed E-state index contributed by atoms with van der Waals surface area (Å²) in [7, 11) is -3.69. The maximum Gasteiger partial charge on any atom is 0.263 e. The van der Waals surface area contributed by atoms with Crippen LogP contribution in [0.15, 0.2) is 58.9 Å². The van der Waals surface area contributed by atoms with E-state index in [-0.39, 0.29) is 16.3 Å². The molecule has 10 heteroatoms. The molecule has 4 rings (SSSR count). The highest BCUT2D eigenvalue weighted by atomic mass is 32.2. The van der Waals surface area contributed by atoms with E-state index in [0.717, 1.165) is 30.6 Å². The molecule has 1 aliphatic heterocycles. The van der Waals surface area contributed by atoms with E-state index in [2.05, 4.69) is 10.3 Å². The number of halogens is 1. The fraction of sp³-hybridized carbons (Fsp3) is 0.273. The van der Waals surface area contributed by atoms with E-state index >= 15 is 0 Å². The van der Waals surface area contributed by atoms with Crippen molar-refractivity contribution in [2.75, 3.05) is 13.1 Å². The Hall–Kier alpha value is -2.82. The zero-order valence-corrected chi connectivity index (χ0v) is 18.8. The first-order valence-electron chi connectivity index (χ1n) is 10.2. The van der Waals surface area contributed by atoms with E-state index < -0.39 is 21.7 Å². The van der Waals surface area contributed by atoms with Gasteiger partial charge in [-0.15, -0.1) is 11.3 Å². The second-order valence-electron chi connectivity index (χ2n) is 7.33. The van der Waals surface area contributed by atoms with Crippen LogP contribution in [0.1, 0.15) is 34.5 Å². The van der Waals surface area contributed by atoms with Crippen molar-refractivity contribution in [3.63, 3.8) is 0 Å². The summed E-state index contributed by atoms with van der Waals surface area (Å²) in [5, 5.41) is 4.37. The van der Waals surface area contributed by atoms with Gasteiger partial charge < -0.3 is 10.1 Å². The lowest BCUT2D eigenvalue weighted by Crippen LogP contribution is -2.36. The Morgan fingerprint density at radius 3 is 2.69 bits per heavy atom. The molecule has 0 atom stereocenters. The molecular weight excluding hydrogens is 453 g/mol. The van der Waals surface area contributed by atoms with Gasteiger partial charge in [-0.25, -0.2) is 17.8 Å². The van der Waals surface area contributed by atoms with Crippen LogP contribution in [-0.4, -0.2) is 36.7 Å². The molecule has 32 heavy (non-hydrogen) atoms. The number of piperidine rings is 1. The number of sulfonamides is 1. The lowest BCUT2D eigenvalue weighted by atomic mass is 10.2. The summed E-state index contributed by atoms with van der Waals surface area (Å²) in [6.07, 6.45) is 4.21. The summed E-state index contributed by atoms with van der Waals surface area (Å²) in [6, 6.07) is 10.6. The van der Waals surface area contributed by atoms with E-state index in [0.29, 0.717) is 30.3 Å². The summed E-state index contributed by atoms with van der Waals surface area (Å²) >= 11 is 1.10. The Labute approximate surface area is 189 Å². The van der Waals surface area contributed by atoms with E-state index in [4.69, 9.17) is 4.74 Å². The summed E-state index contributed by atoms with van der Waals surface area (Å²) in [6.45, 7) is 1.14. The number of thiophene rings is 1. The van der Waals surface area contributed by atoms with Gasteiger partial charge in [-0.05, 0) is 42.0 Å². The quantitative estimate of drug-likeness (QED) is 0.554. The Morgan fingerprint density at radius 1 is 1.16 bits per heavy atom. The first-order valence-corrected chi connectivity index (χ1v) is 12.5. The van der Waals surface area contributed by atoms with E-state index in [1.165, 1.54) is 28.7 Å². The third-order valence-corrected chi connectivity index (χ3v) is 8.02. The first kappa shape index (κ1) is 22.4. The first-order chi connectivity index (χ1) is 15.4. The molecule has 3 heterocycles. The molecule has 7 nitrogen and oxygen atoms in total. The number of carbonyl (C=O) groups excluding carboxylic acids is 1. The van der Waals surface area contributed by atoms with Gasteiger partial charge in [-0.2, -0.15) is 4.31 Å². The number of ether oxygens (including phenoxy) is 1. The van der Waals surface area contributed by atoms with Crippen LogP contribution in [0.4, 0.5) is 4.39 Å². The van der Waals surface area contributed by atoms with Gasteiger partial charge in [0.05, 0.1) is 0 Å². The van der Waals surface area contributed by atoms with Gasteiger partial charge in [0.1, 0.15) is 21.3 Å². The van der Waals surface area contributed by atoms with Gasteiger partial charge in [0.25, 0.3) is 5.91 Å². The molecular formula is C22H22FN3O4S2. The van der Waals surface area contributed by atoms with Gasteiger partial charge in [0.2, 0.25) is 15.9 Å². The average molecular weight is 476 g/mol. The predicted molar refractivity (Wildman–Crippen MR) is 119 cm³/mol. The van der Waals surface area contributed by atoms with Crippen LogP contribution < -0.4 is 10.1 Å². The number of hydrogen-bond donors (Lipinski definition) is 1. The third kappa shape index (κ3) is 5.14. The van der Waals surface area contributed by atoms with Gasteiger partial charge in [-0.1, -0.05) is 18.6 Å². The fourth-order valence-electron chi connectivity index (χ4n) is 3.40. The Kier molecular flexibility index (Phi) is 6.83. The summed E-state index contributed by atoms with van der Waals surface area (Å²) in [5.74, 6) is -0.231. The standard InChI is InChI=1S/C22H22FN3O4S2/c23-17-5-4-6-18(13-17)30-20-8-7-16(14-24-20)15-25-22(27)21-19(9-12-31-21)32(28,29)26-10-2-1-3-11-26/h4-9,12-14H,1-3,10-11,15H2,(H,25,27). The van der Waals surface area contributed by atoms with E-state index in [1.54, 1.807) is 29.6 Å². The minimum atomic E-state index is -3.69. The van der Waals surface area contributed by atoms with Gasteiger partial charge in [0.15, 0.2) is 0 Å². The Bertz CT molecular complexity index is 1190. The Morgan fingerprint density at radius 2 is 1.97 bits per heavy atom.